The van der Waals surface area contributed by atoms with Gasteiger partial charge in [-0.05, 0) is 55.4 Å². The number of guanidine groups is 1. The number of hydrogen-bond donors (Lipinski definition) is 9. The van der Waals surface area contributed by atoms with Gasteiger partial charge in [-0.3, -0.25) is 29.0 Å². The Morgan fingerprint density at radius 3 is 1.97 bits per heavy atom. The molecule has 0 aliphatic heterocycles. The van der Waals surface area contributed by atoms with E-state index in [-0.39, 0.29) is 56.4 Å². The number of carbonyl (C=O) groups excluding carboxylic acids is 5. The van der Waals surface area contributed by atoms with Crippen LogP contribution in [0.15, 0.2) is 109 Å². The fourth-order valence-electron chi connectivity index (χ4n) is 6.87. The van der Waals surface area contributed by atoms with Crippen LogP contribution in [0.1, 0.15) is 55.0 Å². The van der Waals surface area contributed by atoms with Crippen molar-refractivity contribution in [3.05, 3.63) is 126 Å². The van der Waals surface area contributed by atoms with Crippen molar-refractivity contribution in [3.8, 4) is 0 Å². The molecule has 16 heteroatoms. The number of aliphatic imine (C=N–C) groups is 1. The summed E-state index contributed by atoms with van der Waals surface area (Å²) in [7, 11) is 0. The Labute approximate surface area is 349 Å². The van der Waals surface area contributed by atoms with E-state index >= 15 is 0 Å². The predicted molar refractivity (Wildman–Crippen MR) is 230 cm³/mol. The largest absolute Gasteiger partial charge is 0.370 e. The second-order valence-electron chi connectivity index (χ2n) is 14.5. The van der Waals surface area contributed by atoms with Crippen LogP contribution < -0.4 is 38.1 Å². The minimum atomic E-state index is -1.17. The highest BCUT2D eigenvalue weighted by Gasteiger charge is 2.32. The first-order valence-corrected chi connectivity index (χ1v) is 20.2. The van der Waals surface area contributed by atoms with Crippen LogP contribution in [0.25, 0.3) is 10.9 Å². The summed E-state index contributed by atoms with van der Waals surface area (Å²) in [6.45, 7) is 2.31. The number of aromatic nitrogens is 3. The number of fused-ring (bicyclic) bond motifs is 1. The summed E-state index contributed by atoms with van der Waals surface area (Å²) < 4.78 is 0. The fraction of sp³-hybridized carbons (Fsp3) is 0.341. The highest BCUT2D eigenvalue weighted by atomic mass is 16.2. The summed E-state index contributed by atoms with van der Waals surface area (Å²) in [6, 6.07) is 22.2. The summed E-state index contributed by atoms with van der Waals surface area (Å²) in [5, 5.41) is 15.1. The Balaban J connectivity index is 1.35. The van der Waals surface area contributed by atoms with Crippen molar-refractivity contribution in [1.82, 2.24) is 41.5 Å². The number of nitrogens with zero attached hydrogens (tertiary/aromatic N) is 2. The molecule has 5 amide bonds. The maximum atomic E-state index is 14.3. The van der Waals surface area contributed by atoms with Crippen LogP contribution >= 0.6 is 0 Å². The van der Waals surface area contributed by atoms with E-state index in [0.29, 0.717) is 31.5 Å². The second-order valence-corrected chi connectivity index (χ2v) is 14.5. The second kappa shape index (κ2) is 22.8. The molecule has 2 heterocycles. The van der Waals surface area contributed by atoms with E-state index in [1.165, 1.54) is 6.33 Å². The van der Waals surface area contributed by atoms with Gasteiger partial charge in [-0.2, -0.15) is 0 Å². The van der Waals surface area contributed by atoms with Crippen molar-refractivity contribution in [2.24, 2.45) is 16.5 Å². The Morgan fingerprint density at radius 1 is 0.683 bits per heavy atom. The zero-order valence-electron chi connectivity index (χ0n) is 33.8. The van der Waals surface area contributed by atoms with Gasteiger partial charge in [0.2, 0.25) is 29.5 Å². The molecular formula is C44H55N11O5. The number of likely N-dealkylation sites (N-methyl/N-ethyl adjacent to an activating group) is 1. The predicted octanol–water partition coefficient (Wildman–Crippen LogP) is 2.07. The van der Waals surface area contributed by atoms with Crippen LogP contribution in [0.5, 0.6) is 0 Å². The lowest BCUT2D eigenvalue weighted by atomic mass is 10.0. The van der Waals surface area contributed by atoms with Gasteiger partial charge in [0.05, 0.1) is 6.33 Å². The third-order valence-corrected chi connectivity index (χ3v) is 9.92. The molecule has 4 atom stereocenters. The minimum Gasteiger partial charge on any atom is -0.370 e. The number of nitrogens with one attached hydrogen (secondary N) is 7. The molecule has 2 aromatic heterocycles. The summed E-state index contributed by atoms with van der Waals surface area (Å²) in [6.07, 6.45) is 7.06. The van der Waals surface area contributed by atoms with E-state index in [4.69, 9.17) is 11.5 Å². The molecule has 0 saturated heterocycles. The molecule has 60 heavy (non-hydrogen) atoms. The van der Waals surface area contributed by atoms with E-state index in [0.717, 1.165) is 27.6 Å². The van der Waals surface area contributed by atoms with Crippen molar-refractivity contribution in [3.63, 3.8) is 0 Å². The average Bonchev–Trinajstić information content (AvgIpc) is 3.92. The third kappa shape index (κ3) is 13.9. The number of nitrogens with two attached hydrogens (primary N) is 2. The molecule has 0 unspecified atom stereocenters. The highest BCUT2D eigenvalue weighted by Crippen LogP contribution is 2.19. The molecule has 0 saturated carbocycles. The number of hydrogen-bond acceptors (Lipinski definition) is 7. The van der Waals surface area contributed by atoms with Gasteiger partial charge in [0.1, 0.15) is 24.2 Å². The molecule has 0 fully saturated rings. The van der Waals surface area contributed by atoms with Gasteiger partial charge in [0.25, 0.3) is 0 Å². The molecule has 5 rings (SSSR count). The number of aromatic amines is 2. The maximum Gasteiger partial charge on any atom is 0.243 e. The molecule has 316 valence electrons. The lowest BCUT2D eigenvalue weighted by Crippen LogP contribution is -2.59. The number of aryl methyl sites for hydroxylation is 1. The van der Waals surface area contributed by atoms with E-state index in [9.17, 15) is 24.0 Å². The number of H-pyrrole nitrogens is 2. The molecule has 5 aromatic rings. The van der Waals surface area contributed by atoms with Gasteiger partial charge < -0.3 is 48.0 Å². The fourth-order valence-corrected chi connectivity index (χ4v) is 6.87. The topological polar surface area (TPSA) is 254 Å². The molecule has 3 aromatic carbocycles. The smallest absolute Gasteiger partial charge is 0.243 e. The van der Waals surface area contributed by atoms with Gasteiger partial charge in [-0.1, -0.05) is 78.9 Å². The number of amides is 5. The van der Waals surface area contributed by atoms with Crippen LogP contribution in [0.4, 0.5) is 0 Å². The first-order chi connectivity index (χ1) is 29.1. The van der Waals surface area contributed by atoms with Crippen LogP contribution in [0.2, 0.25) is 0 Å². The van der Waals surface area contributed by atoms with E-state index < -0.39 is 41.9 Å². The summed E-state index contributed by atoms with van der Waals surface area (Å²) in [5.74, 6) is -2.67. The van der Waals surface area contributed by atoms with Gasteiger partial charge in [0.15, 0.2) is 5.96 Å². The Bertz CT molecular complexity index is 2170. The maximum absolute atomic E-state index is 14.3. The lowest BCUT2D eigenvalue weighted by molar-refractivity contribution is -0.134. The Hall–Kier alpha value is -6.97. The highest BCUT2D eigenvalue weighted by molar-refractivity contribution is 5.96. The Morgan fingerprint density at radius 2 is 1.30 bits per heavy atom. The molecule has 0 radical (unpaired) electrons. The monoisotopic (exact) mass is 817 g/mol. The van der Waals surface area contributed by atoms with Crippen LogP contribution in [0, 0.1) is 0 Å². The zero-order chi connectivity index (χ0) is 42.7. The van der Waals surface area contributed by atoms with Crippen molar-refractivity contribution in [2.75, 3.05) is 13.1 Å². The quantitative estimate of drug-likeness (QED) is 0.0267. The molecule has 0 spiro atoms. The normalized spacial score (nSPS) is 12.9. The molecular weight excluding hydrogens is 763 g/mol. The zero-order valence-corrected chi connectivity index (χ0v) is 33.8. The van der Waals surface area contributed by atoms with Gasteiger partial charge >= 0.3 is 0 Å². The van der Waals surface area contributed by atoms with Crippen LogP contribution in [-0.2, 0) is 49.7 Å². The number of benzene rings is 3. The van der Waals surface area contributed by atoms with Crippen LogP contribution in [-0.4, -0.2) is 87.7 Å². The first kappa shape index (κ1) is 44.1. The summed E-state index contributed by atoms with van der Waals surface area (Å²) in [5.41, 5.74) is 15.3. The molecule has 0 aliphatic carbocycles. The minimum absolute atomic E-state index is 0.0741. The Kier molecular flexibility index (Phi) is 16.8. The molecule has 16 nitrogen and oxygen atoms in total. The van der Waals surface area contributed by atoms with Crippen LogP contribution in [0.3, 0.4) is 0 Å². The molecule has 0 aliphatic rings. The number of imidazole rings is 1. The average molecular weight is 818 g/mol. The van der Waals surface area contributed by atoms with E-state index in [1.807, 2.05) is 84.9 Å². The van der Waals surface area contributed by atoms with Crippen molar-refractivity contribution >= 4 is 46.4 Å². The summed E-state index contributed by atoms with van der Waals surface area (Å²) in [4.78, 5) is 83.5. The molecule has 0 bridgehead atoms. The number of carbonyl (C=O) groups is 5. The van der Waals surface area contributed by atoms with Gasteiger partial charge in [-0.15, -0.1) is 0 Å². The van der Waals surface area contributed by atoms with E-state index in [1.54, 1.807) is 19.3 Å². The summed E-state index contributed by atoms with van der Waals surface area (Å²) >= 11 is 0. The van der Waals surface area contributed by atoms with Gasteiger partial charge in [-0.25, -0.2) is 4.98 Å². The third-order valence-electron chi connectivity index (χ3n) is 9.92. The van der Waals surface area contributed by atoms with Gasteiger partial charge in [0, 0.05) is 67.8 Å². The SMILES string of the molecule is CCNC(=O)[C@H](Cc1c[nH]c2ccccc12)NC(=O)[C@H](CCCN=C(N)N)NC(=O)[C@@H](Cc1ccccc1)NC(=O)[C@H](Cc1cnc[nH]1)NC(=O)CCCc1ccccc1. The van der Waals surface area contributed by atoms with E-state index in [2.05, 4.69) is 46.5 Å². The van der Waals surface area contributed by atoms with Crippen molar-refractivity contribution in [2.45, 2.75) is 82.5 Å². The molecule has 11 N–H and O–H groups in total. The lowest BCUT2D eigenvalue weighted by Gasteiger charge is -2.26. The number of rotatable bonds is 23. The van der Waals surface area contributed by atoms with Crippen molar-refractivity contribution in [1.29, 1.82) is 0 Å². The standard InChI is InChI=1S/C44H55N11O5/c1-2-48-40(57)37(24-31-26-50-34-19-10-9-18-33(31)34)55-41(58)35(20-12-22-49-44(45)46)53-42(59)36(23-30-15-7-4-8-16-30)54-43(60)38(25-32-27-47-28-51-32)52-39(56)21-11-17-29-13-5-3-6-14-29/h3-10,13-16,18-19,26-28,35-38,50H,2,11-12,17,20-25H2,1H3,(H,47,51)(H,48,57)(H,52,56)(H,53,59)(H,54,60)(H,55,58)(H4,45,46,49)/t35-,36+,37-,38-/m0/s1. The number of para-hydroxylation sites is 1. The first-order valence-electron chi connectivity index (χ1n) is 20.2. The van der Waals surface area contributed by atoms with Crippen molar-refractivity contribution < 1.29 is 24.0 Å².